The predicted octanol–water partition coefficient (Wildman–Crippen LogP) is 3.39. The Hall–Kier alpha value is -1.52. The number of fused-ring (bicyclic) bond motifs is 1. The van der Waals surface area contributed by atoms with E-state index in [1.807, 2.05) is 0 Å². The Labute approximate surface area is 103 Å². The van der Waals surface area contributed by atoms with Gasteiger partial charge in [-0.15, -0.1) is 0 Å². The van der Waals surface area contributed by atoms with Gasteiger partial charge in [-0.3, -0.25) is 4.79 Å². The molecule has 0 N–H and O–H groups in total. The summed E-state index contributed by atoms with van der Waals surface area (Å²) in [6.07, 6.45) is -1.95. The molecule has 0 saturated heterocycles. The number of nitrogens with zero attached hydrogens (tertiary/aromatic N) is 1. The van der Waals surface area contributed by atoms with Gasteiger partial charge >= 0.3 is 6.18 Å². The summed E-state index contributed by atoms with van der Waals surface area (Å²) in [6.45, 7) is 1.87. The minimum absolute atomic E-state index is 0.211. The first kappa shape index (κ1) is 12.9. The highest BCUT2D eigenvalue weighted by Crippen LogP contribution is 2.35. The number of benzene rings is 1. The second-order valence-corrected chi connectivity index (χ2v) is 4.47. The molecule has 1 aromatic carbocycles. The maximum atomic E-state index is 12.7. The lowest BCUT2D eigenvalue weighted by atomic mass is 10.0. The molecule has 5 heteroatoms. The van der Waals surface area contributed by atoms with Crippen LogP contribution in [0.25, 0.3) is 0 Å². The van der Waals surface area contributed by atoms with Gasteiger partial charge in [0.15, 0.2) is 0 Å². The van der Waals surface area contributed by atoms with Crippen molar-refractivity contribution in [1.29, 1.82) is 0 Å². The summed E-state index contributed by atoms with van der Waals surface area (Å²) in [7, 11) is 0. The third-order valence-corrected chi connectivity index (χ3v) is 3.16. The molecule has 98 valence electrons. The fourth-order valence-corrected chi connectivity index (χ4v) is 2.24. The van der Waals surface area contributed by atoms with Crippen molar-refractivity contribution in [2.75, 3.05) is 11.4 Å². The highest BCUT2D eigenvalue weighted by molar-refractivity contribution is 5.92. The Morgan fingerprint density at radius 1 is 1.28 bits per heavy atom. The third-order valence-electron chi connectivity index (χ3n) is 3.16. The molecule has 18 heavy (non-hydrogen) atoms. The summed E-state index contributed by atoms with van der Waals surface area (Å²) < 4.78 is 38.1. The van der Waals surface area contributed by atoms with Crippen molar-refractivity contribution >= 4 is 11.6 Å². The summed E-state index contributed by atoms with van der Waals surface area (Å²) in [5.74, 6) is -0.211. The molecule has 1 amide bonds. The van der Waals surface area contributed by atoms with Crippen molar-refractivity contribution in [3.8, 4) is 0 Å². The standard InChI is InChI=1S/C13H14F3NO/c1-9(18)17-7-3-2-4-10-5-6-11(8-12(10)17)13(14,15)16/h5-6,8H,2-4,7H2,1H3. The SMILES string of the molecule is CC(=O)N1CCCCc2ccc(C(F)(F)F)cc21. The van der Waals surface area contributed by atoms with E-state index in [9.17, 15) is 18.0 Å². The molecule has 2 nitrogen and oxygen atoms in total. The monoisotopic (exact) mass is 257 g/mol. The molecule has 1 aliphatic heterocycles. The molecular formula is C13H14F3NO. The van der Waals surface area contributed by atoms with Crippen LogP contribution in [0, 0.1) is 0 Å². The van der Waals surface area contributed by atoms with E-state index in [-0.39, 0.29) is 5.91 Å². The van der Waals surface area contributed by atoms with E-state index < -0.39 is 11.7 Å². The zero-order chi connectivity index (χ0) is 13.3. The lowest BCUT2D eigenvalue weighted by Gasteiger charge is -2.22. The van der Waals surface area contributed by atoms with Crippen molar-refractivity contribution < 1.29 is 18.0 Å². The van der Waals surface area contributed by atoms with Gasteiger partial charge in [-0.05, 0) is 37.0 Å². The quantitative estimate of drug-likeness (QED) is 0.697. The Bertz CT molecular complexity index is 468. The summed E-state index contributed by atoms with van der Waals surface area (Å²) in [4.78, 5) is 13.0. The van der Waals surface area contributed by atoms with Crippen LogP contribution in [0.15, 0.2) is 18.2 Å². The molecule has 1 heterocycles. The number of carbonyl (C=O) groups excluding carboxylic acids is 1. The van der Waals surface area contributed by atoms with E-state index >= 15 is 0 Å². The molecule has 0 atom stereocenters. The van der Waals surface area contributed by atoms with E-state index in [0.717, 1.165) is 37.0 Å². The first-order chi connectivity index (χ1) is 8.39. The van der Waals surface area contributed by atoms with E-state index in [2.05, 4.69) is 0 Å². The topological polar surface area (TPSA) is 20.3 Å². The minimum Gasteiger partial charge on any atom is -0.312 e. The minimum atomic E-state index is -4.37. The first-order valence-corrected chi connectivity index (χ1v) is 5.88. The normalized spacial score (nSPS) is 16.1. The van der Waals surface area contributed by atoms with Crippen LogP contribution in [-0.4, -0.2) is 12.5 Å². The molecule has 0 aromatic heterocycles. The molecule has 0 spiro atoms. The smallest absolute Gasteiger partial charge is 0.312 e. The van der Waals surface area contributed by atoms with E-state index in [1.165, 1.54) is 17.9 Å². The molecular weight excluding hydrogens is 243 g/mol. The van der Waals surface area contributed by atoms with Crippen LogP contribution in [0.3, 0.4) is 0 Å². The van der Waals surface area contributed by atoms with Gasteiger partial charge < -0.3 is 4.90 Å². The lowest BCUT2D eigenvalue weighted by Crippen LogP contribution is -2.29. The second kappa shape index (κ2) is 4.63. The number of hydrogen-bond acceptors (Lipinski definition) is 1. The fourth-order valence-electron chi connectivity index (χ4n) is 2.24. The van der Waals surface area contributed by atoms with Crippen LogP contribution in [0.2, 0.25) is 0 Å². The number of alkyl halides is 3. The maximum Gasteiger partial charge on any atom is 0.416 e. The van der Waals surface area contributed by atoms with Gasteiger partial charge in [-0.1, -0.05) is 6.07 Å². The largest absolute Gasteiger partial charge is 0.416 e. The van der Waals surface area contributed by atoms with Gasteiger partial charge in [0, 0.05) is 19.2 Å². The molecule has 0 bridgehead atoms. The molecule has 2 rings (SSSR count). The average Bonchev–Trinajstić information content (AvgIpc) is 2.48. The Morgan fingerprint density at radius 3 is 2.61 bits per heavy atom. The number of halogens is 3. The van der Waals surface area contributed by atoms with E-state index in [1.54, 1.807) is 0 Å². The Balaban J connectivity index is 2.50. The number of aryl methyl sites for hydroxylation is 1. The maximum absolute atomic E-state index is 12.7. The predicted molar refractivity (Wildman–Crippen MR) is 62.4 cm³/mol. The first-order valence-electron chi connectivity index (χ1n) is 5.88. The summed E-state index contributed by atoms with van der Waals surface area (Å²) in [5, 5.41) is 0. The van der Waals surface area contributed by atoms with Crippen molar-refractivity contribution in [3.63, 3.8) is 0 Å². The number of amides is 1. The lowest BCUT2D eigenvalue weighted by molar-refractivity contribution is -0.137. The van der Waals surface area contributed by atoms with Gasteiger partial charge in [0.1, 0.15) is 0 Å². The van der Waals surface area contributed by atoms with E-state index in [0.29, 0.717) is 12.2 Å². The Morgan fingerprint density at radius 2 is 2.00 bits per heavy atom. The van der Waals surface area contributed by atoms with Crippen molar-refractivity contribution in [2.45, 2.75) is 32.4 Å². The molecule has 1 aromatic rings. The molecule has 0 aliphatic carbocycles. The molecule has 0 saturated carbocycles. The van der Waals surface area contributed by atoms with Crippen molar-refractivity contribution in [1.82, 2.24) is 0 Å². The van der Waals surface area contributed by atoms with Gasteiger partial charge in [-0.2, -0.15) is 13.2 Å². The zero-order valence-electron chi connectivity index (χ0n) is 10.0. The van der Waals surface area contributed by atoms with E-state index in [4.69, 9.17) is 0 Å². The van der Waals surface area contributed by atoms with Crippen LogP contribution in [0.4, 0.5) is 18.9 Å². The number of anilines is 1. The summed E-state index contributed by atoms with van der Waals surface area (Å²) in [5.41, 5.74) is 0.528. The Kier molecular flexibility index (Phi) is 3.32. The van der Waals surface area contributed by atoms with Crippen molar-refractivity contribution in [2.24, 2.45) is 0 Å². The van der Waals surface area contributed by atoms with Crippen LogP contribution in [0.5, 0.6) is 0 Å². The average molecular weight is 257 g/mol. The van der Waals surface area contributed by atoms with Gasteiger partial charge in [0.2, 0.25) is 5.91 Å². The second-order valence-electron chi connectivity index (χ2n) is 4.47. The van der Waals surface area contributed by atoms with Gasteiger partial charge in [0.25, 0.3) is 0 Å². The third kappa shape index (κ3) is 2.49. The van der Waals surface area contributed by atoms with Crippen LogP contribution >= 0.6 is 0 Å². The fraction of sp³-hybridized carbons (Fsp3) is 0.462. The number of rotatable bonds is 0. The molecule has 0 radical (unpaired) electrons. The van der Waals surface area contributed by atoms with Gasteiger partial charge in [-0.25, -0.2) is 0 Å². The summed E-state index contributed by atoms with van der Waals surface area (Å²) >= 11 is 0. The molecule has 0 unspecified atom stereocenters. The number of carbonyl (C=O) groups is 1. The number of hydrogen-bond donors (Lipinski definition) is 0. The highest BCUT2D eigenvalue weighted by Gasteiger charge is 2.32. The summed E-state index contributed by atoms with van der Waals surface area (Å²) in [6, 6.07) is 3.66. The molecule has 0 fully saturated rings. The molecule has 1 aliphatic rings. The van der Waals surface area contributed by atoms with Crippen molar-refractivity contribution in [3.05, 3.63) is 29.3 Å². The highest BCUT2D eigenvalue weighted by atomic mass is 19.4. The van der Waals surface area contributed by atoms with Crippen LogP contribution in [-0.2, 0) is 17.4 Å². The van der Waals surface area contributed by atoms with Crippen LogP contribution < -0.4 is 4.90 Å². The zero-order valence-corrected chi connectivity index (χ0v) is 10.0. The van der Waals surface area contributed by atoms with Crippen LogP contribution in [0.1, 0.15) is 30.9 Å². The van der Waals surface area contributed by atoms with Gasteiger partial charge in [0.05, 0.1) is 5.56 Å².